The zero-order valence-corrected chi connectivity index (χ0v) is 14.0. The zero-order valence-electron chi connectivity index (χ0n) is 14.0. The highest BCUT2D eigenvalue weighted by Crippen LogP contribution is 2.35. The van der Waals surface area contributed by atoms with Gasteiger partial charge in [-0.15, -0.1) is 0 Å². The zero-order chi connectivity index (χ0) is 17.1. The van der Waals surface area contributed by atoms with E-state index in [2.05, 4.69) is 15.6 Å². The van der Waals surface area contributed by atoms with E-state index in [0.29, 0.717) is 5.69 Å². The molecule has 25 heavy (non-hydrogen) atoms. The number of rotatable bonds is 4. The fraction of sp³-hybridized carbons (Fsp3) is 0.368. The van der Waals surface area contributed by atoms with Crippen LogP contribution in [0.5, 0.6) is 11.5 Å². The van der Waals surface area contributed by atoms with Crippen LogP contribution in [0.15, 0.2) is 36.5 Å². The first kappa shape index (κ1) is 15.7. The Labute approximate surface area is 146 Å². The van der Waals surface area contributed by atoms with Crippen molar-refractivity contribution in [3.05, 3.63) is 42.2 Å². The van der Waals surface area contributed by atoms with E-state index in [4.69, 9.17) is 9.47 Å². The van der Waals surface area contributed by atoms with Gasteiger partial charge in [-0.1, -0.05) is 19.3 Å². The lowest BCUT2D eigenvalue weighted by atomic mass is 9.95. The molecule has 0 bridgehead atoms. The van der Waals surface area contributed by atoms with Gasteiger partial charge >= 0.3 is 0 Å². The number of amides is 1. The number of pyridine rings is 1. The number of hydrogen-bond acceptors (Lipinski definition) is 5. The van der Waals surface area contributed by atoms with E-state index in [1.54, 1.807) is 12.3 Å². The molecule has 1 aromatic heterocycles. The molecule has 2 N–H and O–H groups in total. The molecule has 0 radical (unpaired) electrons. The van der Waals surface area contributed by atoms with Gasteiger partial charge in [-0.05, 0) is 37.1 Å². The highest BCUT2D eigenvalue weighted by molar-refractivity contribution is 5.92. The molecule has 1 aliphatic carbocycles. The molecule has 1 saturated carbocycles. The van der Waals surface area contributed by atoms with E-state index in [-0.39, 0.29) is 18.7 Å². The Kier molecular flexibility index (Phi) is 4.41. The van der Waals surface area contributed by atoms with Crippen molar-refractivity contribution in [1.29, 1.82) is 0 Å². The number of carbonyl (C=O) groups is 1. The Bertz CT molecular complexity index is 755. The highest BCUT2D eigenvalue weighted by Gasteiger charge is 2.17. The van der Waals surface area contributed by atoms with Gasteiger partial charge in [0.2, 0.25) is 6.79 Å². The molecule has 6 heteroatoms. The number of ether oxygens (including phenoxy) is 2. The molecule has 1 aliphatic heterocycles. The minimum Gasteiger partial charge on any atom is -0.454 e. The summed E-state index contributed by atoms with van der Waals surface area (Å²) in [7, 11) is 0. The molecule has 2 aliphatic rings. The Morgan fingerprint density at radius 3 is 2.60 bits per heavy atom. The van der Waals surface area contributed by atoms with Crippen molar-refractivity contribution in [2.75, 3.05) is 12.1 Å². The Balaban J connectivity index is 1.38. The van der Waals surface area contributed by atoms with Crippen LogP contribution in [-0.2, 0) is 0 Å². The molecular formula is C19H21N3O3. The molecule has 1 amide bonds. The van der Waals surface area contributed by atoms with Crippen molar-refractivity contribution in [2.45, 2.75) is 38.1 Å². The molecule has 0 saturated heterocycles. The summed E-state index contributed by atoms with van der Waals surface area (Å²) in [6, 6.07) is 9.54. The smallest absolute Gasteiger partial charge is 0.270 e. The van der Waals surface area contributed by atoms with E-state index in [1.165, 1.54) is 19.3 Å². The number of fused-ring (bicyclic) bond motifs is 1. The maximum absolute atomic E-state index is 12.3. The summed E-state index contributed by atoms with van der Waals surface area (Å²) in [5.41, 5.74) is 2.14. The van der Waals surface area contributed by atoms with Gasteiger partial charge in [0, 0.05) is 17.8 Å². The standard InChI is InChI=1S/C19H21N3O3/c23-19(22-13-4-2-1-3-5-13)16-8-6-15(11-20-16)21-14-7-9-17-18(10-14)25-12-24-17/h6-11,13,21H,1-5,12H2,(H,22,23). The number of aromatic nitrogens is 1. The van der Waals surface area contributed by atoms with E-state index in [0.717, 1.165) is 35.7 Å². The van der Waals surface area contributed by atoms with Gasteiger partial charge in [0.25, 0.3) is 5.91 Å². The van der Waals surface area contributed by atoms with E-state index in [9.17, 15) is 4.79 Å². The second kappa shape index (κ2) is 7.01. The molecule has 4 rings (SSSR count). The SMILES string of the molecule is O=C(NC1CCCCC1)c1ccc(Nc2ccc3c(c2)OCO3)cn1. The van der Waals surface area contributed by atoms with Crippen LogP contribution < -0.4 is 20.1 Å². The van der Waals surface area contributed by atoms with E-state index >= 15 is 0 Å². The van der Waals surface area contributed by atoms with Crippen LogP contribution in [0.1, 0.15) is 42.6 Å². The van der Waals surface area contributed by atoms with E-state index < -0.39 is 0 Å². The molecule has 0 atom stereocenters. The largest absolute Gasteiger partial charge is 0.454 e. The lowest BCUT2D eigenvalue weighted by molar-refractivity contribution is 0.0922. The maximum atomic E-state index is 12.3. The molecule has 130 valence electrons. The Morgan fingerprint density at radius 1 is 1.00 bits per heavy atom. The lowest BCUT2D eigenvalue weighted by Gasteiger charge is -2.22. The molecule has 1 aromatic carbocycles. The van der Waals surface area contributed by atoms with Gasteiger partial charge in [0.1, 0.15) is 5.69 Å². The summed E-state index contributed by atoms with van der Waals surface area (Å²) in [5, 5.41) is 6.33. The number of nitrogens with zero attached hydrogens (tertiary/aromatic N) is 1. The van der Waals surface area contributed by atoms with Crippen LogP contribution in [-0.4, -0.2) is 23.7 Å². The normalized spacial score (nSPS) is 16.5. The monoisotopic (exact) mass is 339 g/mol. The third kappa shape index (κ3) is 3.68. The first-order chi connectivity index (χ1) is 12.3. The number of carbonyl (C=O) groups excluding carboxylic acids is 1. The second-order valence-electron chi connectivity index (χ2n) is 6.43. The van der Waals surface area contributed by atoms with Crippen molar-refractivity contribution < 1.29 is 14.3 Å². The van der Waals surface area contributed by atoms with Crippen molar-refractivity contribution in [3.8, 4) is 11.5 Å². The number of anilines is 2. The van der Waals surface area contributed by atoms with Crippen molar-refractivity contribution >= 4 is 17.3 Å². The molecule has 0 spiro atoms. The summed E-state index contributed by atoms with van der Waals surface area (Å²) in [4.78, 5) is 16.6. The van der Waals surface area contributed by atoms with Gasteiger partial charge in [0.15, 0.2) is 11.5 Å². The Hall–Kier alpha value is -2.76. The van der Waals surface area contributed by atoms with Crippen LogP contribution in [0, 0.1) is 0 Å². The molecule has 2 aromatic rings. The molecule has 0 unspecified atom stereocenters. The van der Waals surface area contributed by atoms with Gasteiger partial charge in [-0.25, -0.2) is 4.98 Å². The van der Waals surface area contributed by atoms with Gasteiger partial charge in [0.05, 0.1) is 11.9 Å². The van der Waals surface area contributed by atoms with Gasteiger partial charge in [-0.2, -0.15) is 0 Å². The minimum absolute atomic E-state index is 0.0958. The predicted molar refractivity (Wildman–Crippen MR) is 94.4 cm³/mol. The first-order valence-electron chi connectivity index (χ1n) is 8.71. The highest BCUT2D eigenvalue weighted by atomic mass is 16.7. The summed E-state index contributed by atoms with van der Waals surface area (Å²) >= 11 is 0. The fourth-order valence-electron chi connectivity index (χ4n) is 3.25. The third-order valence-electron chi connectivity index (χ3n) is 4.60. The van der Waals surface area contributed by atoms with Gasteiger partial charge < -0.3 is 20.1 Å². The summed E-state index contributed by atoms with van der Waals surface area (Å²) < 4.78 is 10.7. The van der Waals surface area contributed by atoms with E-state index in [1.807, 2.05) is 24.3 Å². The number of hydrogen-bond donors (Lipinski definition) is 2. The lowest BCUT2D eigenvalue weighted by Crippen LogP contribution is -2.36. The second-order valence-corrected chi connectivity index (χ2v) is 6.43. The van der Waals surface area contributed by atoms with Crippen LogP contribution in [0.2, 0.25) is 0 Å². The van der Waals surface area contributed by atoms with Crippen LogP contribution in [0.4, 0.5) is 11.4 Å². The Morgan fingerprint density at radius 2 is 1.80 bits per heavy atom. The van der Waals surface area contributed by atoms with Crippen molar-refractivity contribution in [2.24, 2.45) is 0 Å². The molecule has 6 nitrogen and oxygen atoms in total. The van der Waals surface area contributed by atoms with Crippen molar-refractivity contribution in [1.82, 2.24) is 10.3 Å². The maximum Gasteiger partial charge on any atom is 0.270 e. The van der Waals surface area contributed by atoms with Crippen molar-refractivity contribution in [3.63, 3.8) is 0 Å². The van der Waals surface area contributed by atoms with Crippen LogP contribution >= 0.6 is 0 Å². The predicted octanol–water partition coefficient (Wildman–Crippen LogP) is 3.62. The molecule has 2 heterocycles. The van der Waals surface area contributed by atoms with Gasteiger partial charge in [-0.3, -0.25) is 4.79 Å². The first-order valence-corrected chi connectivity index (χ1v) is 8.71. The fourth-order valence-corrected chi connectivity index (χ4v) is 3.25. The summed E-state index contributed by atoms with van der Waals surface area (Å²) in [6.45, 7) is 0.255. The minimum atomic E-state index is -0.0958. The molecular weight excluding hydrogens is 318 g/mol. The molecule has 1 fully saturated rings. The third-order valence-corrected chi connectivity index (χ3v) is 4.60. The van der Waals surface area contributed by atoms with Crippen LogP contribution in [0.3, 0.4) is 0 Å². The topological polar surface area (TPSA) is 72.5 Å². The summed E-state index contributed by atoms with van der Waals surface area (Å²) in [5.74, 6) is 1.38. The van der Waals surface area contributed by atoms with Crippen LogP contribution in [0.25, 0.3) is 0 Å². The average molecular weight is 339 g/mol. The quantitative estimate of drug-likeness (QED) is 0.890. The summed E-state index contributed by atoms with van der Waals surface area (Å²) in [6.07, 6.45) is 7.45. The number of benzene rings is 1. The average Bonchev–Trinajstić information content (AvgIpc) is 3.11. The number of nitrogens with one attached hydrogen (secondary N) is 2.